The van der Waals surface area contributed by atoms with Crippen molar-refractivity contribution in [1.29, 1.82) is 0 Å². The molecule has 4 aromatic carbocycles. The van der Waals surface area contributed by atoms with E-state index in [0.29, 0.717) is 17.8 Å². The van der Waals surface area contributed by atoms with Crippen molar-refractivity contribution in [2.45, 2.75) is 56.8 Å². The van der Waals surface area contributed by atoms with Crippen LogP contribution < -0.4 is 0 Å². The van der Waals surface area contributed by atoms with Crippen LogP contribution in [-0.2, 0) is 5.41 Å². The lowest BCUT2D eigenvalue weighted by Gasteiger charge is -2.40. The molecule has 4 aliphatic rings. The summed E-state index contributed by atoms with van der Waals surface area (Å²) in [6.07, 6.45) is 20.5. The van der Waals surface area contributed by atoms with Crippen LogP contribution in [0.5, 0.6) is 0 Å². The zero-order valence-electron chi connectivity index (χ0n) is 26.6. The van der Waals surface area contributed by atoms with Crippen molar-refractivity contribution in [3.8, 4) is 11.1 Å². The van der Waals surface area contributed by atoms with E-state index in [-0.39, 0.29) is 11.3 Å². The van der Waals surface area contributed by atoms with Gasteiger partial charge in [-0.1, -0.05) is 129 Å². The summed E-state index contributed by atoms with van der Waals surface area (Å²) in [5.74, 6) is 1.37. The van der Waals surface area contributed by atoms with Gasteiger partial charge in [0.25, 0.3) is 0 Å². The lowest BCUT2D eigenvalue weighted by molar-refractivity contribution is 0.270. The summed E-state index contributed by atoms with van der Waals surface area (Å²) in [5.41, 5.74) is 12.2. The van der Waals surface area contributed by atoms with Crippen LogP contribution in [0, 0.1) is 11.8 Å². The van der Waals surface area contributed by atoms with Gasteiger partial charge in [-0.05, 0) is 77.0 Å². The van der Waals surface area contributed by atoms with Gasteiger partial charge >= 0.3 is 0 Å². The molecule has 3 aliphatic carbocycles. The fraction of sp³-hybridized carbons (Fsp3) is 0.250. The summed E-state index contributed by atoms with van der Waals surface area (Å²) in [7, 11) is 0. The minimum absolute atomic E-state index is 0.0196. The Kier molecular flexibility index (Phi) is 6.42. The number of para-hydroxylation sites is 1. The van der Waals surface area contributed by atoms with Crippen molar-refractivity contribution in [3.63, 3.8) is 0 Å². The number of hydrogen-bond donors (Lipinski definition) is 0. The van der Waals surface area contributed by atoms with Crippen LogP contribution in [0.1, 0.15) is 73.6 Å². The van der Waals surface area contributed by atoms with Gasteiger partial charge in [0.05, 0.1) is 5.70 Å². The molecule has 0 N–H and O–H groups in total. The highest BCUT2D eigenvalue weighted by Gasteiger charge is 2.43. The summed E-state index contributed by atoms with van der Waals surface area (Å²) in [6.45, 7) is 4.94. The molecular weight excluding hydrogens is 558 g/mol. The molecule has 0 saturated carbocycles. The maximum absolute atomic E-state index is 6.92. The molecule has 226 valence electrons. The summed E-state index contributed by atoms with van der Waals surface area (Å²) < 4.78 is 6.92. The number of allylic oxidation sites excluding steroid dienone is 7. The second kappa shape index (κ2) is 10.7. The van der Waals surface area contributed by atoms with E-state index in [1.807, 2.05) is 0 Å². The number of nitrogens with zero attached hydrogens (tertiary/aromatic N) is 1. The molecule has 4 unspecified atom stereocenters. The number of aliphatic imine (C=N–C) groups is 1. The maximum Gasteiger partial charge on any atom is 0.145 e. The van der Waals surface area contributed by atoms with Crippen LogP contribution in [0.4, 0.5) is 0 Å². The van der Waals surface area contributed by atoms with Gasteiger partial charge in [-0.15, -0.1) is 0 Å². The molecule has 0 saturated heterocycles. The summed E-state index contributed by atoms with van der Waals surface area (Å²) in [6, 6.07) is 31.2. The van der Waals surface area contributed by atoms with Gasteiger partial charge < -0.3 is 4.42 Å². The fourth-order valence-electron chi connectivity index (χ4n) is 8.93. The van der Waals surface area contributed by atoms with Gasteiger partial charge in [0.2, 0.25) is 0 Å². The van der Waals surface area contributed by atoms with Crippen molar-refractivity contribution >= 4 is 33.3 Å². The Morgan fingerprint density at radius 3 is 2.50 bits per heavy atom. The normalized spacial score (nSPS) is 24.6. The Morgan fingerprint density at radius 2 is 1.63 bits per heavy atom. The van der Waals surface area contributed by atoms with Crippen molar-refractivity contribution < 1.29 is 4.42 Å². The minimum Gasteiger partial charge on any atom is -0.455 e. The van der Waals surface area contributed by atoms with Gasteiger partial charge in [-0.2, -0.15) is 0 Å². The third-order valence-corrected chi connectivity index (χ3v) is 11.2. The number of benzene rings is 4. The van der Waals surface area contributed by atoms with E-state index in [2.05, 4.69) is 141 Å². The Hall–Kier alpha value is -4.69. The molecule has 9 rings (SSSR count). The van der Waals surface area contributed by atoms with Crippen LogP contribution in [0.15, 0.2) is 137 Å². The molecule has 46 heavy (non-hydrogen) atoms. The maximum atomic E-state index is 6.92. The van der Waals surface area contributed by atoms with Crippen LogP contribution in [-0.4, -0.2) is 5.71 Å². The Bertz CT molecular complexity index is 2150. The minimum atomic E-state index is 0.0196. The Morgan fingerprint density at radius 1 is 0.804 bits per heavy atom. The largest absolute Gasteiger partial charge is 0.455 e. The summed E-state index contributed by atoms with van der Waals surface area (Å²) in [5, 5.41) is 2.41. The van der Waals surface area contributed by atoms with Crippen molar-refractivity contribution in [2.24, 2.45) is 16.8 Å². The monoisotopic (exact) mass is 597 g/mol. The zero-order chi connectivity index (χ0) is 30.8. The van der Waals surface area contributed by atoms with Gasteiger partial charge in [0, 0.05) is 39.8 Å². The van der Waals surface area contributed by atoms with Gasteiger partial charge in [-0.3, -0.25) is 4.99 Å². The smallest absolute Gasteiger partial charge is 0.145 e. The van der Waals surface area contributed by atoms with E-state index in [1.54, 1.807) is 0 Å². The highest BCUT2D eigenvalue weighted by Crippen LogP contribution is 2.56. The second-order valence-corrected chi connectivity index (χ2v) is 14.1. The predicted molar refractivity (Wildman–Crippen MR) is 192 cm³/mol. The quantitative estimate of drug-likeness (QED) is 0.190. The van der Waals surface area contributed by atoms with E-state index < -0.39 is 0 Å². The fourth-order valence-corrected chi connectivity index (χ4v) is 8.93. The molecule has 0 fully saturated rings. The highest BCUT2D eigenvalue weighted by molar-refractivity contribution is 6.17. The van der Waals surface area contributed by atoms with Crippen LogP contribution in [0.25, 0.3) is 38.8 Å². The molecule has 1 aliphatic heterocycles. The van der Waals surface area contributed by atoms with E-state index >= 15 is 0 Å². The third-order valence-electron chi connectivity index (χ3n) is 11.2. The average molecular weight is 598 g/mol. The number of furan rings is 1. The molecule has 2 nitrogen and oxygen atoms in total. The molecule has 4 atom stereocenters. The molecule has 1 aromatic heterocycles. The Balaban J connectivity index is 1.37. The van der Waals surface area contributed by atoms with Gasteiger partial charge in [0.15, 0.2) is 0 Å². The zero-order valence-corrected chi connectivity index (χ0v) is 26.6. The SMILES string of the molecule is CC1(C)c2ccccc2-c2c(cc(C3=CC(c4ccccc4)CC(C4C=CC=CC4)=N3)c3oc4ccccc4c23)C2C=CCCC21. The van der Waals surface area contributed by atoms with Crippen LogP contribution in [0.3, 0.4) is 0 Å². The number of fused-ring (bicyclic) bond motifs is 9. The highest BCUT2D eigenvalue weighted by atomic mass is 16.3. The standard InChI is InChI=1S/C44H39NO/c1-44(2)36-22-12-9-19-31(36)34-27-35(39-26-30(28-15-5-3-6-16-28)25-38(45-39)29-17-7-4-8-18-29)43-42(33-21-11-14-24-40(33)46-43)41(34)32-20-10-13-23-37(32)44/h3-11,13-17,19-21,23-24,26-27,29-31,36H,12,18,22,25H2,1-2H3. The average Bonchev–Trinajstić information content (AvgIpc) is 3.48. The summed E-state index contributed by atoms with van der Waals surface area (Å²) in [4.78, 5) is 5.54. The number of rotatable bonds is 3. The van der Waals surface area contributed by atoms with Gasteiger partial charge in [-0.25, -0.2) is 0 Å². The van der Waals surface area contributed by atoms with Crippen molar-refractivity contribution in [2.75, 3.05) is 0 Å². The van der Waals surface area contributed by atoms with E-state index in [0.717, 1.165) is 41.7 Å². The first-order chi connectivity index (χ1) is 22.6. The molecule has 0 spiro atoms. The second-order valence-electron chi connectivity index (χ2n) is 14.1. The topological polar surface area (TPSA) is 25.5 Å². The third kappa shape index (κ3) is 4.26. The van der Waals surface area contributed by atoms with Crippen molar-refractivity contribution in [1.82, 2.24) is 0 Å². The number of hydrogen-bond acceptors (Lipinski definition) is 2. The summed E-state index contributed by atoms with van der Waals surface area (Å²) >= 11 is 0. The van der Waals surface area contributed by atoms with Crippen LogP contribution in [0.2, 0.25) is 0 Å². The molecule has 2 heteroatoms. The lowest BCUT2D eigenvalue weighted by atomic mass is 9.64. The van der Waals surface area contributed by atoms with Crippen LogP contribution >= 0.6 is 0 Å². The van der Waals surface area contributed by atoms with Gasteiger partial charge in [0.1, 0.15) is 11.2 Å². The lowest BCUT2D eigenvalue weighted by Crippen LogP contribution is -2.33. The van der Waals surface area contributed by atoms with Crippen molar-refractivity contribution in [3.05, 3.63) is 150 Å². The predicted octanol–water partition coefficient (Wildman–Crippen LogP) is 11.7. The molecule has 0 radical (unpaired) electrons. The first kappa shape index (κ1) is 27.6. The molecule has 0 amide bonds. The first-order valence-corrected chi connectivity index (χ1v) is 17.0. The molecule has 0 bridgehead atoms. The van der Waals surface area contributed by atoms with E-state index in [4.69, 9.17) is 9.41 Å². The molecular formula is C44H39NO. The van der Waals surface area contributed by atoms with E-state index in [9.17, 15) is 0 Å². The molecule has 5 aromatic rings. The molecule has 2 heterocycles. The van der Waals surface area contributed by atoms with E-state index in [1.165, 1.54) is 50.7 Å². The Labute approximate surface area is 271 Å². The first-order valence-electron chi connectivity index (χ1n) is 17.0.